The summed E-state index contributed by atoms with van der Waals surface area (Å²) in [5.74, 6) is 1.26. The van der Waals surface area contributed by atoms with Gasteiger partial charge < -0.3 is 9.84 Å². The second-order valence-corrected chi connectivity index (χ2v) is 3.19. The number of carbonyl (C=O) groups is 1. The number of rotatable bonds is 2. The molecular weight excluding hydrogens is 156 g/mol. The number of hydrogen-bond acceptors (Lipinski definition) is 3. The highest BCUT2D eigenvalue weighted by molar-refractivity contribution is 5.93. The van der Waals surface area contributed by atoms with E-state index in [0.29, 0.717) is 11.7 Å². The summed E-state index contributed by atoms with van der Waals surface area (Å²) in [5, 5.41) is 6.25. The molecule has 0 unspecified atom stereocenters. The summed E-state index contributed by atoms with van der Waals surface area (Å²) in [7, 11) is 0. The molecule has 4 nitrogen and oxygen atoms in total. The molecule has 1 aliphatic rings. The average Bonchev–Trinajstić information content (AvgIpc) is 2.58. The number of amides is 1. The summed E-state index contributed by atoms with van der Waals surface area (Å²) >= 11 is 0. The van der Waals surface area contributed by atoms with Crippen LogP contribution in [0.1, 0.15) is 13.3 Å². The van der Waals surface area contributed by atoms with Gasteiger partial charge in [-0.1, -0.05) is 12.1 Å². The number of carbonyl (C=O) groups excluding carboxylic acids is 1. The largest absolute Gasteiger partial charge is 0.363 e. The number of nitrogens with one attached hydrogen (secondary N) is 1. The summed E-state index contributed by atoms with van der Waals surface area (Å²) in [5.41, 5.74) is 0. The van der Waals surface area contributed by atoms with E-state index in [1.165, 1.54) is 6.26 Å². The summed E-state index contributed by atoms with van der Waals surface area (Å²) in [6, 6.07) is 1.63. The second kappa shape index (κ2) is 2.62. The molecule has 1 amide bonds. The Hall–Kier alpha value is -1.32. The maximum Gasteiger partial charge on any atom is 0.229 e. The van der Waals surface area contributed by atoms with Gasteiger partial charge in [0.15, 0.2) is 5.82 Å². The lowest BCUT2D eigenvalue weighted by Crippen LogP contribution is -2.14. The number of nitrogens with zero attached hydrogens (tertiary/aromatic N) is 1. The number of anilines is 1. The van der Waals surface area contributed by atoms with Crippen molar-refractivity contribution in [2.75, 3.05) is 5.32 Å². The van der Waals surface area contributed by atoms with E-state index in [-0.39, 0.29) is 11.8 Å². The first-order chi connectivity index (χ1) is 5.77. The SMILES string of the molecule is C[C@@H]1C[C@H]1C(=O)Nc1ccon1. The molecule has 4 heteroatoms. The zero-order chi connectivity index (χ0) is 8.55. The highest BCUT2D eigenvalue weighted by Gasteiger charge is 2.39. The summed E-state index contributed by atoms with van der Waals surface area (Å²) in [4.78, 5) is 11.3. The summed E-state index contributed by atoms with van der Waals surface area (Å²) < 4.78 is 4.58. The van der Waals surface area contributed by atoms with Gasteiger partial charge in [-0.25, -0.2) is 0 Å². The van der Waals surface area contributed by atoms with E-state index in [1.807, 2.05) is 0 Å². The molecule has 1 saturated carbocycles. The zero-order valence-electron chi connectivity index (χ0n) is 6.78. The molecule has 1 aromatic rings. The van der Waals surface area contributed by atoms with Crippen molar-refractivity contribution in [1.29, 1.82) is 0 Å². The Morgan fingerprint density at radius 3 is 3.08 bits per heavy atom. The standard InChI is InChI=1S/C8H10N2O2/c1-5-4-6(5)8(11)9-7-2-3-12-10-7/h2-3,5-6H,4H2,1H3,(H,9,10,11)/t5-,6-/m1/s1. The van der Waals surface area contributed by atoms with Crippen molar-refractivity contribution in [1.82, 2.24) is 5.16 Å². The van der Waals surface area contributed by atoms with Gasteiger partial charge in [-0.15, -0.1) is 0 Å². The molecule has 0 aromatic carbocycles. The van der Waals surface area contributed by atoms with Crippen LogP contribution >= 0.6 is 0 Å². The van der Waals surface area contributed by atoms with E-state index in [4.69, 9.17) is 0 Å². The maximum atomic E-state index is 11.3. The van der Waals surface area contributed by atoms with Crippen molar-refractivity contribution in [2.24, 2.45) is 11.8 Å². The molecular formula is C8H10N2O2. The molecule has 1 heterocycles. The van der Waals surface area contributed by atoms with Gasteiger partial charge in [-0.2, -0.15) is 0 Å². The van der Waals surface area contributed by atoms with Crippen molar-refractivity contribution in [3.05, 3.63) is 12.3 Å². The third-order valence-corrected chi connectivity index (χ3v) is 2.14. The van der Waals surface area contributed by atoms with E-state index >= 15 is 0 Å². The number of hydrogen-bond donors (Lipinski definition) is 1. The van der Waals surface area contributed by atoms with Crippen molar-refractivity contribution >= 4 is 11.7 Å². The fourth-order valence-corrected chi connectivity index (χ4v) is 1.18. The second-order valence-electron chi connectivity index (χ2n) is 3.19. The lowest BCUT2D eigenvalue weighted by molar-refractivity contribution is -0.117. The van der Waals surface area contributed by atoms with Gasteiger partial charge in [0.05, 0.1) is 0 Å². The molecule has 0 saturated heterocycles. The molecule has 2 atom stereocenters. The fourth-order valence-electron chi connectivity index (χ4n) is 1.18. The van der Waals surface area contributed by atoms with Crippen LogP contribution in [-0.4, -0.2) is 11.1 Å². The monoisotopic (exact) mass is 166 g/mol. The average molecular weight is 166 g/mol. The minimum absolute atomic E-state index is 0.0522. The Morgan fingerprint density at radius 2 is 2.58 bits per heavy atom. The van der Waals surface area contributed by atoms with Gasteiger partial charge in [0.1, 0.15) is 6.26 Å². The quantitative estimate of drug-likeness (QED) is 0.719. The fraction of sp³-hybridized carbons (Fsp3) is 0.500. The highest BCUT2D eigenvalue weighted by atomic mass is 16.5. The first-order valence-electron chi connectivity index (χ1n) is 3.98. The molecule has 2 rings (SSSR count). The third kappa shape index (κ3) is 1.32. The van der Waals surface area contributed by atoms with Gasteiger partial charge in [-0.3, -0.25) is 4.79 Å². The lowest BCUT2D eigenvalue weighted by atomic mass is 10.3. The highest BCUT2D eigenvalue weighted by Crippen LogP contribution is 2.38. The van der Waals surface area contributed by atoms with Crippen LogP contribution in [0, 0.1) is 11.8 Å². The van der Waals surface area contributed by atoms with Gasteiger partial charge in [0.25, 0.3) is 0 Å². The van der Waals surface area contributed by atoms with Crippen molar-refractivity contribution in [3.63, 3.8) is 0 Å². The predicted octanol–water partition coefficient (Wildman–Crippen LogP) is 1.27. The Morgan fingerprint density at radius 1 is 1.83 bits per heavy atom. The van der Waals surface area contributed by atoms with Crippen LogP contribution in [0.4, 0.5) is 5.82 Å². The zero-order valence-corrected chi connectivity index (χ0v) is 6.78. The van der Waals surface area contributed by atoms with E-state index in [2.05, 4.69) is 21.9 Å². The minimum atomic E-state index is 0.0522. The van der Waals surface area contributed by atoms with Gasteiger partial charge in [0, 0.05) is 12.0 Å². The summed E-state index contributed by atoms with van der Waals surface area (Å²) in [6.45, 7) is 2.06. The molecule has 1 N–H and O–H groups in total. The van der Waals surface area contributed by atoms with Gasteiger partial charge >= 0.3 is 0 Å². The summed E-state index contributed by atoms with van der Waals surface area (Å²) in [6.07, 6.45) is 2.43. The smallest absolute Gasteiger partial charge is 0.229 e. The Balaban J connectivity index is 1.92. The normalized spacial score (nSPS) is 26.8. The molecule has 1 aliphatic carbocycles. The van der Waals surface area contributed by atoms with Crippen LogP contribution in [0.2, 0.25) is 0 Å². The maximum absolute atomic E-state index is 11.3. The van der Waals surface area contributed by atoms with Crippen LogP contribution in [0.25, 0.3) is 0 Å². The Labute approximate surface area is 69.9 Å². The Bertz CT molecular complexity index is 281. The van der Waals surface area contributed by atoms with Gasteiger partial charge in [-0.05, 0) is 12.3 Å². The third-order valence-electron chi connectivity index (χ3n) is 2.14. The van der Waals surface area contributed by atoms with Crippen molar-refractivity contribution < 1.29 is 9.32 Å². The van der Waals surface area contributed by atoms with Crippen LogP contribution in [0.5, 0.6) is 0 Å². The predicted molar refractivity (Wildman–Crippen MR) is 42.4 cm³/mol. The minimum Gasteiger partial charge on any atom is -0.363 e. The molecule has 12 heavy (non-hydrogen) atoms. The van der Waals surface area contributed by atoms with Crippen molar-refractivity contribution in [3.8, 4) is 0 Å². The molecule has 0 bridgehead atoms. The molecule has 0 radical (unpaired) electrons. The van der Waals surface area contributed by atoms with Crippen LogP contribution in [0.3, 0.4) is 0 Å². The molecule has 0 spiro atoms. The van der Waals surface area contributed by atoms with Crippen LogP contribution in [-0.2, 0) is 4.79 Å². The van der Waals surface area contributed by atoms with E-state index in [0.717, 1.165) is 6.42 Å². The van der Waals surface area contributed by atoms with Crippen LogP contribution in [0.15, 0.2) is 16.9 Å². The van der Waals surface area contributed by atoms with E-state index in [9.17, 15) is 4.79 Å². The van der Waals surface area contributed by atoms with Gasteiger partial charge in [0.2, 0.25) is 5.91 Å². The van der Waals surface area contributed by atoms with E-state index < -0.39 is 0 Å². The number of aromatic nitrogens is 1. The van der Waals surface area contributed by atoms with E-state index in [1.54, 1.807) is 6.07 Å². The first-order valence-corrected chi connectivity index (χ1v) is 3.98. The van der Waals surface area contributed by atoms with Crippen LogP contribution < -0.4 is 5.32 Å². The molecule has 64 valence electrons. The molecule has 1 aromatic heterocycles. The Kier molecular flexibility index (Phi) is 1.60. The van der Waals surface area contributed by atoms with Crippen molar-refractivity contribution in [2.45, 2.75) is 13.3 Å². The lowest BCUT2D eigenvalue weighted by Gasteiger charge is -1.97. The first kappa shape index (κ1) is 7.34. The topological polar surface area (TPSA) is 55.1 Å². The molecule has 0 aliphatic heterocycles. The molecule has 1 fully saturated rings.